The van der Waals surface area contributed by atoms with E-state index >= 15 is 0 Å². The molecule has 3 aromatic carbocycles. The number of ketones is 1. The van der Waals surface area contributed by atoms with E-state index in [0.717, 1.165) is 0 Å². The van der Waals surface area contributed by atoms with Gasteiger partial charge in [-0.05, 0) is 30.7 Å². The largest absolute Gasteiger partial charge is 0.493 e. The Morgan fingerprint density at radius 2 is 1.58 bits per heavy atom. The first-order valence-electron chi connectivity index (χ1n) is 10.7. The molecule has 4 rings (SSSR count). The molecule has 12 heteroatoms. The smallest absolute Gasteiger partial charge is 0.349 e. The number of benzene rings is 3. The third-order valence-electron chi connectivity index (χ3n) is 5.40. The van der Waals surface area contributed by atoms with Crippen molar-refractivity contribution in [3.8, 4) is 28.7 Å². The van der Waals surface area contributed by atoms with E-state index in [1.54, 1.807) is 25.1 Å². The van der Waals surface area contributed by atoms with Gasteiger partial charge in [-0.25, -0.2) is 18.0 Å². The molecular formula is C26H17F5O7. The lowest BCUT2D eigenvalue weighted by molar-refractivity contribution is -0.136. The van der Waals surface area contributed by atoms with Gasteiger partial charge in [0.05, 0.1) is 19.8 Å². The van der Waals surface area contributed by atoms with E-state index in [4.69, 9.17) is 18.9 Å². The van der Waals surface area contributed by atoms with Gasteiger partial charge in [-0.1, -0.05) is 12.1 Å². The van der Waals surface area contributed by atoms with Crippen LogP contribution in [0.2, 0.25) is 0 Å². The molecule has 1 aliphatic heterocycles. The summed E-state index contributed by atoms with van der Waals surface area (Å²) >= 11 is 0. The quantitative estimate of drug-likeness (QED) is 0.101. The summed E-state index contributed by atoms with van der Waals surface area (Å²) in [7, 11) is 2.90. The van der Waals surface area contributed by atoms with Gasteiger partial charge in [0.15, 0.2) is 29.6 Å². The fourth-order valence-electron chi connectivity index (χ4n) is 3.71. The van der Waals surface area contributed by atoms with Crippen LogP contribution >= 0.6 is 0 Å². The molecule has 38 heavy (non-hydrogen) atoms. The Kier molecular flexibility index (Phi) is 7.24. The van der Waals surface area contributed by atoms with Crippen molar-refractivity contribution in [3.63, 3.8) is 0 Å². The lowest BCUT2D eigenvalue weighted by Gasteiger charge is -2.11. The fraction of sp³-hybridized carbons (Fsp3) is 0.154. The van der Waals surface area contributed by atoms with E-state index in [-0.39, 0.29) is 22.8 Å². The van der Waals surface area contributed by atoms with Crippen LogP contribution in [0.3, 0.4) is 0 Å². The van der Waals surface area contributed by atoms with Crippen molar-refractivity contribution in [2.24, 2.45) is 0 Å². The van der Waals surface area contributed by atoms with Crippen molar-refractivity contribution >= 4 is 17.8 Å². The van der Waals surface area contributed by atoms with Crippen LogP contribution in [0, 0.1) is 36.0 Å². The van der Waals surface area contributed by atoms with Gasteiger partial charge >= 0.3 is 5.97 Å². The second-order valence-corrected chi connectivity index (χ2v) is 7.80. The van der Waals surface area contributed by atoms with Crippen LogP contribution in [0.25, 0.3) is 6.08 Å². The number of halogens is 5. The van der Waals surface area contributed by atoms with E-state index in [1.807, 2.05) is 0 Å². The van der Waals surface area contributed by atoms with Crippen LogP contribution < -0.4 is 23.7 Å². The predicted octanol–water partition coefficient (Wildman–Crippen LogP) is 5.31. The number of esters is 1. The SMILES string of the molecule is COc1cccc(/C=C2\Oc3cc(OC(=O)COc4c(F)c(F)c(F)c(F)c4F)cc(C)c3C2=O)c1OC. The van der Waals surface area contributed by atoms with Crippen molar-refractivity contribution in [1.29, 1.82) is 0 Å². The number of carbonyl (C=O) groups excluding carboxylic acids is 2. The number of aryl methyl sites for hydroxylation is 1. The standard InChI is InChI=1S/C26H17F5O7/c1-11-7-13(37-17(32)10-36-26-22(30)20(28)19(27)21(29)23(26)31)9-15-18(11)24(33)16(38-15)8-12-5-4-6-14(34-2)25(12)35-3/h4-9H,10H2,1-3H3/b16-8-. The van der Waals surface area contributed by atoms with Crippen molar-refractivity contribution in [2.45, 2.75) is 6.92 Å². The maximum Gasteiger partial charge on any atom is 0.349 e. The molecule has 198 valence electrons. The molecule has 0 saturated carbocycles. The molecule has 0 amide bonds. The first-order valence-corrected chi connectivity index (χ1v) is 10.7. The molecule has 1 aliphatic rings. The first kappa shape index (κ1) is 26.5. The van der Waals surface area contributed by atoms with E-state index in [2.05, 4.69) is 4.74 Å². The highest BCUT2D eigenvalue weighted by atomic mass is 19.2. The molecule has 0 unspecified atom stereocenters. The Bertz CT molecular complexity index is 1470. The normalized spacial score (nSPS) is 13.3. The van der Waals surface area contributed by atoms with Crippen molar-refractivity contribution in [2.75, 3.05) is 20.8 Å². The summed E-state index contributed by atoms with van der Waals surface area (Å²) in [5.41, 5.74) is 1.07. The Labute approximate surface area is 211 Å². The molecule has 3 aromatic rings. The summed E-state index contributed by atoms with van der Waals surface area (Å²) in [6, 6.07) is 7.59. The monoisotopic (exact) mass is 536 g/mol. The number of hydrogen-bond donors (Lipinski definition) is 0. The lowest BCUT2D eigenvalue weighted by Crippen LogP contribution is -2.19. The van der Waals surface area contributed by atoms with E-state index in [0.29, 0.717) is 22.6 Å². The number of fused-ring (bicyclic) bond motifs is 1. The number of carbonyl (C=O) groups is 2. The van der Waals surface area contributed by atoms with Crippen molar-refractivity contribution < 1.29 is 55.2 Å². The number of para-hydroxylation sites is 1. The van der Waals surface area contributed by atoms with Crippen LogP contribution in [0.1, 0.15) is 21.5 Å². The lowest BCUT2D eigenvalue weighted by atomic mass is 10.0. The Morgan fingerprint density at radius 1 is 0.921 bits per heavy atom. The molecule has 0 aromatic heterocycles. The fourth-order valence-corrected chi connectivity index (χ4v) is 3.71. The van der Waals surface area contributed by atoms with Gasteiger partial charge in [0.25, 0.3) is 0 Å². The number of rotatable bonds is 7. The van der Waals surface area contributed by atoms with Gasteiger partial charge in [-0.2, -0.15) is 8.78 Å². The molecule has 0 atom stereocenters. The van der Waals surface area contributed by atoms with Crippen molar-refractivity contribution in [3.05, 3.63) is 81.9 Å². The van der Waals surface area contributed by atoms with Crippen LogP contribution in [0.15, 0.2) is 36.1 Å². The van der Waals surface area contributed by atoms with Gasteiger partial charge in [0, 0.05) is 11.6 Å². The molecule has 0 radical (unpaired) electrons. The number of allylic oxidation sites excluding steroid dienone is 1. The highest BCUT2D eigenvalue weighted by Crippen LogP contribution is 2.39. The molecule has 0 saturated heterocycles. The summed E-state index contributed by atoms with van der Waals surface area (Å²) in [5.74, 6) is -13.9. The second-order valence-electron chi connectivity index (χ2n) is 7.80. The highest BCUT2D eigenvalue weighted by Gasteiger charge is 2.31. The predicted molar refractivity (Wildman–Crippen MR) is 121 cm³/mol. The average Bonchev–Trinajstić information content (AvgIpc) is 3.20. The van der Waals surface area contributed by atoms with Gasteiger partial charge < -0.3 is 23.7 Å². The summed E-state index contributed by atoms with van der Waals surface area (Å²) in [6.45, 7) is 0.368. The number of hydrogen-bond acceptors (Lipinski definition) is 7. The zero-order valence-corrected chi connectivity index (χ0v) is 19.9. The minimum absolute atomic E-state index is 0.0484. The highest BCUT2D eigenvalue weighted by molar-refractivity contribution is 6.15. The Morgan fingerprint density at radius 3 is 2.21 bits per heavy atom. The van der Waals surface area contributed by atoms with Gasteiger partial charge in [0.1, 0.15) is 11.5 Å². The molecule has 0 N–H and O–H groups in total. The van der Waals surface area contributed by atoms with E-state index in [9.17, 15) is 31.5 Å². The molecule has 0 aliphatic carbocycles. The maximum atomic E-state index is 13.7. The van der Waals surface area contributed by atoms with E-state index < -0.39 is 53.2 Å². The number of methoxy groups -OCH3 is 2. The van der Waals surface area contributed by atoms with Gasteiger partial charge in [-0.15, -0.1) is 0 Å². The molecule has 0 fully saturated rings. The van der Waals surface area contributed by atoms with Crippen LogP contribution in [0.4, 0.5) is 22.0 Å². The van der Waals surface area contributed by atoms with Gasteiger partial charge in [-0.3, -0.25) is 4.79 Å². The molecule has 7 nitrogen and oxygen atoms in total. The summed E-state index contributed by atoms with van der Waals surface area (Å²) in [5, 5.41) is 0. The van der Waals surface area contributed by atoms with Crippen LogP contribution in [-0.4, -0.2) is 32.6 Å². The zero-order chi connectivity index (χ0) is 27.7. The topological polar surface area (TPSA) is 80.3 Å². The average molecular weight is 536 g/mol. The number of ether oxygens (including phenoxy) is 5. The van der Waals surface area contributed by atoms with Gasteiger partial charge in [0.2, 0.25) is 34.9 Å². The Hall–Kier alpha value is -4.61. The summed E-state index contributed by atoms with van der Waals surface area (Å²) in [4.78, 5) is 25.1. The van der Waals surface area contributed by atoms with Crippen molar-refractivity contribution in [1.82, 2.24) is 0 Å². The molecule has 1 heterocycles. The first-order chi connectivity index (χ1) is 18.1. The summed E-state index contributed by atoms with van der Waals surface area (Å²) in [6.07, 6.45) is 1.45. The number of Topliss-reactive ketones (excluding diaryl/α,β-unsaturated/α-hetero) is 1. The minimum atomic E-state index is -2.36. The molecule has 0 spiro atoms. The Balaban J connectivity index is 1.53. The van der Waals surface area contributed by atoms with E-state index in [1.165, 1.54) is 32.4 Å². The molecule has 0 bridgehead atoms. The third kappa shape index (κ3) is 4.72. The molecular weight excluding hydrogens is 519 g/mol. The minimum Gasteiger partial charge on any atom is -0.493 e. The summed E-state index contributed by atoms with van der Waals surface area (Å²) < 4.78 is 93.1. The zero-order valence-electron chi connectivity index (χ0n) is 19.9. The van der Waals surface area contributed by atoms with Crippen LogP contribution in [-0.2, 0) is 4.79 Å². The van der Waals surface area contributed by atoms with Crippen LogP contribution in [0.5, 0.6) is 28.7 Å². The third-order valence-corrected chi connectivity index (χ3v) is 5.40. The maximum absolute atomic E-state index is 13.7. The second kappa shape index (κ2) is 10.4.